The van der Waals surface area contributed by atoms with Crippen molar-refractivity contribution in [3.63, 3.8) is 0 Å². The molecule has 0 radical (unpaired) electrons. The summed E-state index contributed by atoms with van der Waals surface area (Å²) in [5.41, 5.74) is 1.25. The molecule has 32 heavy (non-hydrogen) atoms. The van der Waals surface area contributed by atoms with E-state index in [-0.39, 0.29) is 23.1 Å². The van der Waals surface area contributed by atoms with E-state index in [1.807, 2.05) is 42.2 Å². The number of hydrogen-bond donors (Lipinski definition) is 0. The average Bonchev–Trinajstić information content (AvgIpc) is 3.21. The number of likely N-dealkylation sites (tertiary alicyclic amines) is 1. The van der Waals surface area contributed by atoms with Gasteiger partial charge in [-0.3, -0.25) is 14.2 Å². The first-order valence-electron chi connectivity index (χ1n) is 11.2. The van der Waals surface area contributed by atoms with Crippen molar-refractivity contribution < 1.29 is 14.3 Å². The molecular formula is C25H33N3O4. The number of fused-ring (bicyclic) bond motifs is 1. The Labute approximate surface area is 189 Å². The number of ether oxygens (including phenoxy) is 2. The van der Waals surface area contributed by atoms with Gasteiger partial charge in [-0.1, -0.05) is 12.1 Å². The summed E-state index contributed by atoms with van der Waals surface area (Å²) in [4.78, 5) is 31.1. The first kappa shape index (κ1) is 22.6. The molecule has 0 spiro atoms. The van der Waals surface area contributed by atoms with Crippen LogP contribution >= 0.6 is 0 Å². The minimum absolute atomic E-state index is 0.169. The molecule has 7 nitrogen and oxygen atoms in total. The second-order valence-electron chi connectivity index (χ2n) is 9.23. The van der Waals surface area contributed by atoms with Crippen molar-refractivity contribution in [3.05, 3.63) is 58.0 Å². The molecule has 172 valence electrons. The highest BCUT2D eigenvalue weighted by atomic mass is 16.5. The lowest BCUT2D eigenvalue weighted by molar-refractivity contribution is -0.0209. The number of nitrogens with zero attached hydrogens (tertiary/aromatic N) is 3. The van der Waals surface area contributed by atoms with Crippen LogP contribution in [-0.2, 0) is 4.74 Å². The number of aromatic nitrogens is 1. The van der Waals surface area contributed by atoms with E-state index in [0.717, 1.165) is 12.8 Å². The number of benzene rings is 1. The van der Waals surface area contributed by atoms with E-state index in [4.69, 9.17) is 9.47 Å². The lowest BCUT2D eigenvalue weighted by atomic mass is 9.77. The smallest absolute Gasteiger partial charge is 0.268 e. The van der Waals surface area contributed by atoms with Crippen LogP contribution in [-0.4, -0.2) is 73.8 Å². The number of pyridine rings is 1. The van der Waals surface area contributed by atoms with Crippen LogP contribution in [0.25, 0.3) is 5.69 Å². The molecule has 1 saturated heterocycles. The zero-order valence-electron chi connectivity index (χ0n) is 19.6. The van der Waals surface area contributed by atoms with Gasteiger partial charge in [0.05, 0.1) is 18.9 Å². The Morgan fingerprint density at radius 1 is 1.06 bits per heavy atom. The summed E-state index contributed by atoms with van der Waals surface area (Å²) in [6.07, 6.45) is 3.81. The molecular weight excluding hydrogens is 406 g/mol. The third-order valence-electron chi connectivity index (χ3n) is 7.20. The second-order valence-corrected chi connectivity index (χ2v) is 9.23. The van der Waals surface area contributed by atoms with Crippen LogP contribution in [0.4, 0.5) is 0 Å². The number of carbonyl (C=O) groups is 1. The van der Waals surface area contributed by atoms with Crippen molar-refractivity contribution in [2.24, 2.45) is 11.8 Å². The van der Waals surface area contributed by atoms with Gasteiger partial charge in [0.1, 0.15) is 11.3 Å². The van der Waals surface area contributed by atoms with Crippen molar-refractivity contribution in [2.45, 2.75) is 31.9 Å². The van der Waals surface area contributed by atoms with Crippen LogP contribution in [0, 0.1) is 18.8 Å². The van der Waals surface area contributed by atoms with Crippen molar-refractivity contribution in [1.29, 1.82) is 0 Å². The van der Waals surface area contributed by atoms with E-state index in [9.17, 15) is 9.59 Å². The lowest BCUT2D eigenvalue weighted by Gasteiger charge is -2.40. The maximum absolute atomic E-state index is 13.6. The maximum atomic E-state index is 13.6. The SMILES string of the molecule is COc1ccccc1-n1ccc(C)c(C(=O)N2C[C@H]3C[C@@H](N(C)C)[C@H](OC)C[C@H]3C2)c1=O. The number of hydrogen-bond acceptors (Lipinski definition) is 5. The van der Waals surface area contributed by atoms with Crippen LogP contribution < -0.4 is 10.3 Å². The van der Waals surface area contributed by atoms with Crippen molar-refractivity contribution in [1.82, 2.24) is 14.4 Å². The van der Waals surface area contributed by atoms with Crippen molar-refractivity contribution in [3.8, 4) is 11.4 Å². The summed E-state index contributed by atoms with van der Waals surface area (Å²) in [6.45, 7) is 3.19. The van der Waals surface area contributed by atoms with Gasteiger partial charge >= 0.3 is 0 Å². The third kappa shape index (κ3) is 3.95. The Morgan fingerprint density at radius 3 is 2.41 bits per heavy atom. The Hall–Kier alpha value is -2.64. The summed E-state index contributed by atoms with van der Waals surface area (Å²) < 4.78 is 12.7. The zero-order chi connectivity index (χ0) is 23.0. The van der Waals surface area contributed by atoms with Gasteiger partial charge in [-0.2, -0.15) is 0 Å². The van der Waals surface area contributed by atoms with Crippen LogP contribution in [0.5, 0.6) is 5.75 Å². The van der Waals surface area contributed by atoms with E-state index in [1.54, 1.807) is 20.4 Å². The van der Waals surface area contributed by atoms with Crippen LogP contribution in [0.3, 0.4) is 0 Å². The van der Waals surface area contributed by atoms with Crippen LogP contribution in [0.1, 0.15) is 28.8 Å². The minimum atomic E-state index is -0.310. The molecule has 2 heterocycles. The molecule has 2 aliphatic rings. The summed E-state index contributed by atoms with van der Waals surface area (Å²) >= 11 is 0. The van der Waals surface area contributed by atoms with E-state index in [2.05, 4.69) is 19.0 Å². The molecule has 1 aromatic carbocycles. The van der Waals surface area contributed by atoms with Crippen LogP contribution in [0.2, 0.25) is 0 Å². The molecule has 1 saturated carbocycles. The summed E-state index contributed by atoms with van der Waals surface area (Å²) in [5, 5.41) is 0. The second kappa shape index (κ2) is 9.08. The number of aryl methyl sites for hydroxylation is 1. The number of amides is 1. The van der Waals surface area contributed by atoms with E-state index < -0.39 is 0 Å². The van der Waals surface area contributed by atoms with E-state index in [1.165, 1.54) is 4.57 Å². The molecule has 1 aliphatic carbocycles. The van der Waals surface area contributed by atoms with Gasteiger partial charge < -0.3 is 19.3 Å². The Morgan fingerprint density at radius 2 is 1.75 bits per heavy atom. The molecule has 1 aliphatic heterocycles. The third-order valence-corrected chi connectivity index (χ3v) is 7.20. The van der Waals surface area contributed by atoms with Gasteiger partial charge in [0.2, 0.25) is 0 Å². The fraction of sp³-hybridized carbons (Fsp3) is 0.520. The monoisotopic (exact) mass is 439 g/mol. The van der Waals surface area contributed by atoms with E-state index in [0.29, 0.717) is 48.0 Å². The van der Waals surface area contributed by atoms with Crippen molar-refractivity contribution >= 4 is 5.91 Å². The van der Waals surface area contributed by atoms with Crippen molar-refractivity contribution in [2.75, 3.05) is 41.4 Å². The predicted octanol–water partition coefficient (Wildman–Crippen LogP) is 2.58. The topological polar surface area (TPSA) is 64.0 Å². The highest BCUT2D eigenvalue weighted by Gasteiger charge is 2.44. The average molecular weight is 440 g/mol. The van der Waals surface area contributed by atoms with Gasteiger partial charge in [0.15, 0.2) is 0 Å². The molecule has 2 fully saturated rings. The molecule has 7 heteroatoms. The zero-order valence-corrected chi connectivity index (χ0v) is 19.6. The number of methoxy groups -OCH3 is 2. The highest BCUT2D eigenvalue weighted by molar-refractivity contribution is 5.95. The maximum Gasteiger partial charge on any atom is 0.268 e. The van der Waals surface area contributed by atoms with E-state index >= 15 is 0 Å². The first-order chi connectivity index (χ1) is 15.3. The number of rotatable bonds is 5. The van der Waals surface area contributed by atoms with Gasteiger partial charge in [-0.05, 0) is 69.5 Å². The van der Waals surface area contributed by atoms with Gasteiger partial charge in [0, 0.05) is 32.4 Å². The van der Waals surface area contributed by atoms with Crippen LogP contribution in [0.15, 0.2) is 41.3 Å². The lowest BCUT2D eigenvalue weighted by Crippen LogP contribution is -2.47. The van der Waals surface area contributed by atoms with Gasteiger partial charge in [-0.15, -0.1) is 0 Å². The Kier molecular flexibility index (Phi) is 6.40. The normalized spacial score (nSPS) is 25.1. The standard InChI is InChI=1S/C25H33N3O4/c1-16-10-11-28(19-8-6-7-9-21(19)31-4)25(30)23(16)24(29)27-14-17-12-20(26(2)3)22(32-5)13-18(17)15-27/h6-11,17-18,20,22H,12-15H2,1-5H3/t17-,18+,20-,22-/m1/s1. The number of carbonyl (C=O) groups excluding carboxylic acids is 1. The summed E-state index contributed by atoms with van der Waals surface area (Å²) in [7, 11) is 7.52. The largest absolute Gasteiger partial charge is 0.495 e. The number of para-hydroxylation sites is 2. The molecule has 0 N–H and O–H groups in total. The minimum Gasteiger partial charge on any atom is -0.495 e. The molecule has 0 unspecified atom stereocenters. The molecule has 2 aromatic rings. The Balaban J connectivity index is 1.63. The molecule has 0 bridgehead atoms. The van der Waals surface area contributed by atoms with Gasteiger partial charge in [0.25, 0.3) is 11.5 Å². The van der Waals surface area contributed by atoms with Gasteiger partial charge in [-0.25, -0.2) is 0 Å². The fourth-order valence-electron chi connectivity index (χ4n) is 5.42. The number of likely N-dealkylation sites (N-methyl/N-ethyl adjacent to an activating group) is 1. The molecule has 4 atom stereocenters. The summed E-state index contributed by atoms with van der Waals surface area (Å²) in [5.74, 6) is 1.24. The first-order valence-corrected chi connectivity index (χ1v) is 11.2. The predicted molar refractivity (Wildman–Crippen MR) is 124 cm³/mol. The molecule has 1 aromatic heterocycles. The molecule has 1 amide bonds. The quantitative estimate of drug-likeness (QED) is 0.717. The highest BCUT2D eigenvalue weighted by Crippen LogP contribution is 2.39. The molecule has 4 rings (SSSR count). The fourth-order valence-corrected chi connectivity index (χ4v) is 5.42. The Bertz CT molecular complexity index is 1050. The summed E-state index contributed by atoms with van der Waals surface area (Å²) in [6, 6.07) is 9.51.